The van der Waals surface area contributed by atoms with E-state index in [-0.39, 0.29) is 12.7 Å². The number of aromatic amines is 1. The molecule has 1 aliphatic heterocycles. The van der Waals surface area contributed by atoms with Gasteiger partial charge in [0.1, 0.15) is 5.57 Å². The quantitative estimate of drug-likeness (QED) is 0.550. The van der Waals surface area contributed by atoms with E-state index in [2.05, 4.69) is 49.5 Å². The highest BCUT2D eigenvalue weighted by molar-refractivity contribution is 7.26. The first-order valence-corrected chi connectivity index (χ1v) is 7.57. The summed E-state index contributed by atoms with van der Waals surface area (Å²) in [6.45, 7) is 4.70. The number of hydrogen-bond acceptors (Lipinski definition) is 3. The molecule has 106 valence electrons. The van der Waals surface area contributed by atoms with E-state index < -0.39 is 0 Å². The maximum absolute atomic E-state index is 5.93. The molecule has 1 N–H and O–H groups in total. The summed E-state index contributed by atoms with van der Waals surface area (Å²) in [5.41, 5.74) is 3.73. The predicted octanol–water partition coefficient (Wildman–Crippen LogP) is 1.74. The first kappa shape index (κ1) is 13.3. The molecule has 0 bridgehead atoms. The molecule has 2 heterocycles. The Morgan fingerprint density at radius 1 is 1.29 bits per heavy atom. The van der Waals surface area contributed by atoms with Crippen LogP contribution in [-0.2, 0) is 9.31 Å². The lowest BCUT2D eigenvalue weighted by Crippen LogP contribution is -2.34. The summed E-state index contributed by atoms with van der Waals surface area (Å²) in [6, 6.07) is 10.4. The van der Waals surface area contributed by atoms with Crippen LogP contribution < -0.4 is 11.0 Å². The lowest BCUT2D eigenvalue weighted by molar-refractivity contribution is 0.137. The fraction of sp³-hybridized carbons (Fsp3) is 0.267. The van der Waals surface area contributed by atoms with Gasteiger partial charge in [-0.2, -0.15) is 0 Å². The number of nitrogens with one attached hydrogen (secondary N) is 1. The molecule has 1 atom stereocenters. The van der Waals surface area contributed by atoms with Gasteiger partial charge in [-0.3, -0.25) is 0 Å². The number of H-pyrrole nitrogens is 1. The van der Waals surface area contributed by atoms with Crippen LogP contribution in [0.15, 0.2) is 30.3 Å². The fourth-order valence-corrected chi connectivity index (χ4v) is 3.07. The van der Waals surface area contributed by atoms with Crippen molar-refractivity contribution in [3.63, 3.8) is 0 Å². The van der Waals surface area contributed by atoms with Gasteiger partial charge >= 0.3 is 7.12 Å². The van der Waals surface area contributed by atoms with Crippen LogP contribution in [0.1, 0.15) is 13.8 Å². The second-order valence-electron chi connectivity index (χ2n) is 6.08. The lowest BCUT2D eigenvalue weighted by atomic mass is 9.78. The van der Waals surface area contributed by atoms with Crippen LogP contribution in [0.4, 0.5) is 0 Å². The molecule has 1 unspecified atom stereocenters. The Hall–Kier alpha value is -1.42. The number of rotatable bonds is 1. The van der Waals surface area contributed by atoms with Gasteiger partial charge in [-0.1, -0.05) is 33.5 Å². The van der Waals surface area contributed by atoms with Gasteiger partial charge < -0.3 is 14.3 Å². The van der Waals surface area contributed by atoms with Crippen molar-refractivity contribution in [3.8, 4) is 0 Å². The molecule has 0 amide bonds. The van der Waals surface area contributed by atoms with Crippen molar-refractivity contribution < 1.29 is 9.31 Å². The van der Waals surface area contributed by atoms with Crippen LogP contribution in [0.2, 0.25) is 0 Å². The van der Waals surface area contributed by atoms with Gasteiger partial charge in [0.05, 0.1) is 23.2 Å². The molecule has 2 aromatic carbocycles. The lowest BCUT2D eigenvalue weighted by Gasteiger charge is -2.15. The molecule has 1 saturated heterocycles. The summed E-state index contributed by atoms with van der Waals surface area (Å²) in [5.74, 6) is 0. The second kappa shape index (κ2) is 4.54. The minimum absolute atomic E-state index is 0.222. The molecule has 3 aromatic rings. The van der Waals surface area contributed by atoms with E-state index in [1.165, 1.54) is 0 Å². The SMILES string of the molecule is CC1(C)COB(c2ccc3c(ccc4[nH]c(P)nc43)c2)O1. The van der Waals surface area contributed by atoms with Gasteiger partial charge in [-0.05, 0) is 30.8 Å². The average molecular weight is 298 g/mol. The molecule has 4 nitrogen and oxygen atoms in total. The van der Waals surface area contributed by atoms with E-state index in [0.717, 1.165) is 32.8 Å². The highest BCUT2D eigenvalue weighted by Crippen LogP contribution is 2.24. The zero-order valence-corrected chi connectivity index (χ0v) is 13.2. The van der Waals surface area contributed by atoms with E-state index >= 15 is 0 Å². The molecule has 0 radical (unpaired) electrons. The zero-order chi connectivity index (χ0) is 14.6. The maximum Gasteiger partial charge on any atom is 0.494 e. The third-order valence-electron chi connectivity index (χ3n) is 3.79. The van der Waals surface area contributed by atoms with Crippen molar-refractivity contribution >= 4 is 49.2 Å². The van der Waals surface area contributed by atoms with E-state index in [1.807, 2.05) is 13.8 Å². The summed E-state index contributed by atoms with van der Waals surface area (Å²) in [5, 5.41) is 2.28. The summed E-state index contributed by atoms with van der Waals surface area (Å²) in [4.78, 5) is 7.77. The van der Waals surface area contributed by atoms with Gasteiger partial charge in [0, 0.05) is 5.39 Å². The number of fused-ring (bicyclic) bond motifs is 3. The minimum atomic E-state index is -0.281. The summed E-state index contributed by atoms with van der Waals surface area (Å²) < 4.78 is 11.7. The standard InChI is InChI=1S/C15H16BN2O2P/c1-15(2)8-19-16(20-15)10-4-5-11-9(7-10)3-6-12-13(11)18-14(21)17-12/h3-7H,8,21H2,1-2H3,(H,17,18). The summed E-state index contributed by atoms with van der Waals surface area (Å²) >= 11 is 0. The second-order valence-corrected chi connectivity index (χ2v) is 6.63. The predicted molar refractivity (Wildman–Crippen MR) is 89.4 cm³/mol. The molecular formula is C15H16BN2O2P. The van der Waals surface area contributed by atoms with Gasteiger partial charge in [0.15, 0.2) is 0 Å². The Labute approximate surface area is 125 Å². The molecule has 1 aromatic heterocycles. The van der Waals surface area contributed by atoms with Crippen LogP contribution >= 0.6 is 9.24 Å². The molecule has 21 heavy (non-hydrogen) atoms. The van der Waals surface area contributed by atoms with Gasteiger partial charge in [0.25, 0.3) is 0 Å². The third-order valence-corrected chi connectivity index (χ3v) is 4.06. The Bertz CT molecular complexity index is 846. The molecule has 0 aliphatic carbocycles. The van der Waals surface area contributed by atoms with Gasteiger partial charge in [-0.25, -0.2) is 4.98 Å². The zero-order valence-electron chi connectivity index (χ0n) is 12.0. The molecule has 0 spiro atoms. The Morgan fingerprint density at radius 3 is 2.90 bits per heavy atom. The van der Waals surface area contributed by atoms with Crippen LogP contribution in [0, 0.1) is 0 Å². The molecule has 1 fully saturated rings. The molecule has 6 heteroatoms. The number of nitrogens with zero attached hydrogens (tertiary/aromatic N) is 1. The number of hydrogen-bond donors (Lipinski definition) is 1. The van der Waals surface area contributed by atoms with Gasteiger partial charge in [0.2, 0.25) is 0 Å². The van der Waals surface area contributed by atoms with Crippen molar-refractivity contribution in [3.05, 3.63) is 30.3 Å². The molecular weight excluding hydrogens is 282 g/mol. The van der Waals surface area contributed by atoms with E-state index in [4.69, 9.17) is 9.31 Å². The van der Waals surface area contributed by atoms with Crippen molar-refractivity contribution in [2.75, 3.05) is 6.61 Å². The number of aromatic nitrogens is 2. The van der Waals surface area contributed by atoms with E-state index in [0.29, 0.717) is 6.61 Å². The molecule has 4 rings (SSSR count). The third kappa shape index (κ3) is 2.26. The first-order chi connectivity index (χ1) is 10.0. The first-order valence-electron chi connectivity index (χ1n) is 6.99. The highest BCUT2D eigenvalue weighted by Gasteiger charge is 2.38. The van der Waals surface area contributed by atoms with Crippen molar-refractivity contribution in [1.29, 1.82) is 0 Å². The fourth-order valence-electron chi connectivity index (χ4n) is 2.78. The van der Waals surface area contributed by atoms with E-state index in [1.54, 1.807) is 0 Å². The number of imidazole rings is 1. The van der Waals surface area contributed by atoms with Crippen LogP contribution in [-0.4, -0.2) is 29.3 Å². The average Bonchev–Trinajstić information content (AvgIpc) is 2.99. The number of benzene rings is 2. The van der Waals surface area contributed by atoms with E-state index in [9.17, 15) is 0 Å². The smallest absolute Gasteiger partial charge is 0.404 e. The Kier molecular flexibility index (Phi) is 2.87. The molecule has 1 aliphatic rings. The largest absolute Gasteiger partial charge is 0.494 e. The van der Waals surface area contributed by atoms with Crippen LogP contribution in [0.3, 0.4) is 0 Å². The summed E-state index contributed by atoms with van der Waals surface area (Å²) in [6.07, 6.45) is 0. The normalized spacial score (nSPS) is 18.0. The minimum Gasteiger partial charge on any atom is -0.404 e. The van der Waals surface area contributed by atoms with Crippen molar-refractivity contribution in [2.45, 2.75) is 19.4 Å². The maximum atomic E-state index is 5.93. The van der Waals surface area contributed by atoms with Crippen LogP contribution in [0.5, 0.6) is 0 Å². The highest BCUT2D eigenvalue weighted by atomic mass is 31.0. The monoisotopic (exact) mass is 298 g/mol. The summed E-state index contributed by atoms with van der Waals surface area (Å²) in [7, 11) is 2.32. The Balaban J connectivity index is 1.82. The molecule has 0 saturated carbocycles. The Morgan fingerprint density at radius 2 is 2.14 bits per heavy atom. The topological polar surface area (TPSA) is 47.1 Å². The van der Waals surface area contributed by atoms with Crippen molar-refractivity contribution in [2.24, 2.45) is 0 Å². The van der Waals surface area contributed by atoms with Gasteiger partial charge in [-0.15, -0.1) is 0 Å². The van der Waals surface area contributed by atoms with Crippen LogP contribution in [0.25, 0.3) is 21.8 Å². The van der Waals surface area contributed by atoms with Crippen molar-refractivity contribution in [1.82, 2.24) is 9.97 Å².